The smallest absolute Gasteiger partial charge is 0.303 e. The third-order valence-corrected chi connectivity index (χ3v) is 10.2. The summed E-state index contributed by atoms with van der Waals surface area (Å²) in [6.07, 6.45) is 0.503. The minimum Gasteiger partial charge on any atom is -0.481 e. The molecule has 0 aliphatic carbocycles. The molecule has 0 saturated carbocycles. The Kier molecular flexibility index (Phi) is 7.85. The average Bonchev–Trinajstić information content (AvgIpc) is 2.27. The van der Waals surface area contributed by atoms with E-state index in [9.17, 15) is 4.79 Å². The summed E-state index contributed by atoms with van der Waals surface area (Å²) in [5.41, 5.74) is 7.25. The third kappa shape index (κ3) is 4.89. The number of nitrogens with two attached hydrogens (primary N) is 1. The molecule has 1 unspecified atom stereocenters. The van der Waals surface area contributed by atoms with Gasteiger partial charge in [-0.3, -0.25) is 4.79 Å². The molecule has 0 saturated heterocycles. The molecule has 0 aliphatic heterocycles. The molecule has 0 bridgehead atoms. The summed E-state index contributed by atoms with van der Waals surface area (Å²) in [5.74, 6) is -0.784. The zero-order chi connectivity index (χ0) is 15.2. The Morgan fingerprint density at radius 2 is 1.53 bits per heavy atom. The van der Waals surface area contributed by atoms with E-state index in [0.717, 1.165) is 0 Å². The predicted molar refractivity (Wildman–Crippen MR) is 81.8 cm³/mol. The fourth-order valence-corrected chi connectivity index (χ4v) is 8.81. The molecule has 0 spiro atoms. The van der Waals surface area contributed by atoms with Crippen molar-refractivity contribution in [1.29, 1.82) is 0 Å². The first-order valence-electron chi connectivity index (χ1n) is 7.28. The zero-order valence-corrected chi connectivity index (χ0v) is 14.3. The molecule has 4 nitrogen and oxygen atoms in total. The monoisotopic (exact) mass is 289 g/mol. The SMILES string of the molecule is CC(C)[Si](OC(CN)CCC(=O)O)(C(C)C)C(C)C. The van der Waals surface area contributed by atoms with Crippen molar-refractivity contribution in [1.82, 2.24) is 0 Å². The molecule has 114 valence electrons. The second-order valence-corrected chi connectivity index (χ2v) is 11.6. The van der Waals surface area contributed by atoms with Crippen LogP contribution in [0.2, 0.25) is 16.6 Å². The molecule has 0 aromatic heterocycles. The van der Waals surface area contributed by atoms with E-state index in [1.807, 2.05) is 0 Å². The largest absolute Gasteiger partial charge is 0.481 e. The van der Waals surface area contributed by atoms with Crippen LogP contribution in [0.4, 0.5) is 0 Å². The molecule has 0 fully saturated rings. The van der Waals surface area contributed by atoms with Crippen LogP contribution in [0.3, 0.4) is 0 Å². The van der Waals surface area contributed by atoms with Gasteiger partial charge in [-0.1, -0.05) is 41.5 Å². The Morgan fingerprint density at radius 1 is 1.11 bits per heavy atom. The summed E-state index contributed by atoms with van der Waals surface area (Å²) in [5, 5.41) is 8.80. The van der Waals surface area contributed by atoms with Gasteiger partial charge in [-0.25, -0.2) is 0 Å². The first-order valence-corrected chi connectivity index (χ1v) is 9.42. The van der Waals surface area contributed by atoms with Gasteiger partial charge >= 0.3 is 5.97 Å². The van der Waals surface area contributed by atoms with E-state index in [1.54, 1.807) is 0 Å². The van der Waals surface area contributed by atoms with E-state index < -0.39 is 14.3 Å². The van der Waals surface area contributed by atoms with Crippen LogP contribution in [0.5, 0.6) is 0 Å². The van der Waals surface area contributed by atoms with Gasteiger partial charge in [0.05, 0.1) is 6.10 Å². The second kappa shape index (κ2) is 8.02. The molecule has 0 aromatic rings. The van der Waals surface area contributed by atoms with Gasteiger partial charge in [0, 0.05) is 13.0 Å². The van der Waals surface area contributed by atoms with Crippen LogP contribution >= 0.6 is 0 Å². The quantitative estimate of drug-likeness (QED) is 0.638. The van der Waals surface area contributed by atoms with Crippen molar-refractivity contribution in [3.63, 3.8) is 0 Å². The maximum atomic E-state index is 10.7. The first-order chi connectivity index (χ1) is 8.68. The van der Waals surface area contributed by atoms with E-state index in [-0.39, 0.29) is 12.5 Å². The Hall–Kier alpha value is -0.393. The lowest BCUT2D eigenvalue weighted by Crippen LogP contribution is -2.51. The lowest BCUT2D eigenvalue weighted by Gasteiger charge is -2.44. The number of carboxylic acid groups (broad SMARTS) is 1. The highest BCUT2D eigenvalue weighted by Crippen LogP contribution is 2.43. The molecule has 1 atom stereocenters. The second-order valence-electron chi connectivity index (χ2n) is 6.23. The molecule has 0 rings (SSSR count). The van der Waals surface area contributed by atoms with Crippen molar-refractivity contribution in [3.05, 3.63) is 0 Å². The van der Waals surface area contributed by atoms with Gasteiger partial charge in [-0.2, -0.15) is 0 Å². The molecule has 0 heterocycles. The molecular formula is C14H31NO3Si. The van der Waals surface area contributed by atoms with E-state index in [0.29, 0.717) is 29.6 Å². The van der Waals surface area contributed by atoms with Crippen LogP contribution in [0.25, 0.3) is 0 Å². The summed E-state index contributed by atoms with van der Waals surface area (Å²) in [7, 11) is -1.96. The van der Waals surface area contributed by atoms with Gasteiger partial charge in [0.15, 0.2) is 0 Å². The fraction of sp³-hybridized carbons (Fsp3) is 0.929. The molecule has 0 aliphatic rings. The van der Waals surface area contributed by atoms with Crippen LogP contribution in [-0.2, 0) is 9.22 Å². The predicted octanol–water partition coefficient (Wildman–Crippen LogP) is 3.37. The zero-order valence-electron chi connectivity index (χ0n) is 13.3. The van der Waals surface area contributed by atoms with Crippen LogP contribution < -0.4 is 5.73 Å². The highest BCUT2D eigenvalue weighted by Gasteiger charge is 2.46. The van der Waals surface area contributed by atoms with Gasteiger partial charge in [0.1, 0.15) is 0 Å². The van der Waals surface area contributed by atoms with Gasteiger partial charge < -0.3 is 15.3 Å². The van der Waals surface area contributed by atoms with E-state index in [1.165, 1.54) is 0 Å². The highest BCUT2D eigenvalue weighted by molar-refractivity contribution is 6.77. The number of carbonyl (C=O) groups is 1. The molecular weight excluding hydrogens is 258 g/mol. The summed E-state index contributed by atoms with van der Waals surface area (Å²) < 4.78 is 6.47. The number of carboxylic acids is 1. The van der Waals surface area contributed by atoms with Crippen molar-refractivity contribution < 1.29 is 14.3 Å². The van der Waals surface area contributed by atoms with Crippen molar-refractivity contribution in [3.8, 4) is 0 Å². The number of hydrogen-bond acceptors (Lipinski definition) is 3. The van der Waals surface area contributed by atoms with Crippen molar-refractivity contribution in [2.45, 2.75) is 77.1 Å². The number of rotatable bonds is 9. The van der Waals surface area contributed by atoms with Gasteiger partial charge in [-0.05, 0) is 23.0 Å². The number of aliphatic carboxylic acids is 1. The fourth-order valence-electron chi connectivity index (χ4n) is 3.21. The summed E-state index contributed by atoms with van der Waals surface area (Å²) >= 11 is 0. The molecule has 3 N–H and O–H groups in total. The van der Waals surface area contributed by atoms with Crippen LogP contribution in [0.1, 0.15) is 54.4 Å². The maximum absolute atomic E-state index is 10.7. The Morgan fingerprint density at radius 3 is 1.79 bits per heavy atom. The molecule has 0 radical (unpaired) electrons. The Labute approximate surface area is 118 Å². The third-order valence-electron chi connectivity index (χ3n) is 4.02. The summed E-state index contributed by atoms with van der Waals surface area (Å²) in [6, 6.07) is 0. The van der Waals surface area contributed by atoms with E-state index in [2.05, 4.69) is 41.5 Å². The highest BCUT2D eigenvalue weighted by atomic mass is 28.4. The van der Waals surface area contributed by atoms with Crippen molar-refractivity contribution >= 4 is 14.3 Å². The Balaban J connectivity index is 5.01. The van der Waals surface area contributed by atoms with Gasteiger partial charge in [0.25, 0.3) is 0 Å². The van der Waals surface area contributed by atoms with E-state index >= 15 is 0 Å². The maximum Gasteiger partial charge on any atom is 0.303 e. The average molecular weight is 289 g/mol. The first kappa shape index (κ1) is 18.6. The van der Waals surface area contributed by atoms with E-state index in [4.69, 9.17) is 15.3 Å². The lowest BCUT2D eigenvalue weighted by molar-refractivity contribution is -0.137. The topological polar surface area (TPSA) is 72.5 Å². The normalized spacial score (nSPS) is 14.4. The van der Waals surface area contributed by atoms with Gasteiger partial charge in [-0.15, -0.1) is 0 Å². The summed E-state index contributed by atoms with van der Waals surface area (Å²) in [4.78, 5) is 10.7. The van der Waals surface area contributed by atoms with Crippen LogP contribution in [0.15, 0.2) is 0 Å². The van der Waals surface area contributed by atoms with Crippen LogP contribution in [0, 0.1) is 0 Å². The summed E-state index contributed by atoms with van der Waals surface area (Å²) in [6.45, 7) is 13.7. The molecule has 5 heteroatoms. The minimum absolute atomic E-state index is 0.126. The standard InChI is InChI=1S/C14H31NO3Si/c1-10(2)19(11(3)4,12(5)6)18-13(9-15)7-8-14(16)17/h10-13H,7-9,15H2,1-6H3,(H,16,17). The minimum atomic E-state index is -1.96. The van der Waals surface area contributed by atoms with Crippen LogP contribution in [-0.4, -0.2) is 32.0 Å². The number of hydrogen-bond donors (Lipinski definition) is 2. The van der Waals surface area contributed by atoms with Crippen molar-refractivity contribution in [2.75, 3.05) is 6.54 Å². The Bertz CT molecular complexity index is 258. The van der Waals surface area contributed by atoms with Crippen molar-refractivity contribution in [2.24, 2.45) is 5.73 Å². The molecule has 19 heavy (non-hydrogen) atoms. The van der Waals surface area contributed by atoms with Gasteiger partial charge in [0.2, 0.25) is 8.32 Å². The molecule has 0 amide bonds. The molecule has 0 aromatic carbocycles. The lowest BCUT2D eigenvalue weighted by atomic mass is 10.2.